The van der Waals surface area contributed by atoms with Crippen molar-refractivity contribution in [3.63, 3.8) is 0 Å². The van der Waals surface area contributed by atoms with Crippen LogP contribution in [0, 0.1) is 17.3 Å². The summed E-state index contributed by atoms with van der Waals surface area (Å²) in [6, 6.07) is 28.0. The third-order valence-corrected chi connectivity index (χ3v) is 10.8. The fourth-order valence-corrected chi connectivity index (χ4v) is 7.90. The second-order valence-electron chi connectivity index (χ2n) is 13.9. The van der Waals surface area contributed by atoms with Crippen LogP contribution in [0.15, 0.2) is 83.3 Å². The Labute approximate surface area is 271 Å². The third kappa shape index (κ3) is 7.13. The molecule has 3 aliphatic rings. The number of carbonyl (C=O) groups excluding carboxylic acids is 2. The third-order valence-electron chi connectivity index (χ3n) is 10.2. The number of hydrogen-bond donors (Lipinski definition) is 0. The molecule has 3 heterocycles. The van der Waals surface area contributed by atoms with Crippen molar-refractivity contribution in [2.45, 2.75) is 58.4 Å². The van der Waals surface area contributed by atoms with Crippen LogP contribution in [-0.4, -0.2) is 65.8 Å². The number of rotatable bonds is 9. The smallest absolute Gasteiger partial charge is 0.229 e. The predicted molar refractivity (Wildman–Crippen MR) is 180 cm³/mol. The van der Waals surface area contributed by atoms with Gasteiger partial charge in [-0.15, -0.1) is 0 Å². The van der Waals surface area contributed by atoms with E-state index in [2.05, 4.69) is 123 Å². The lowest BCUT2D eigenvalue weighted by atomic mass is 9.76. The second-order valence-corrected chi connectivity index (χ2v) is 14.8. The fourth-order valence-electron chi connectivity index (χ4n) is 7.64. The lowest BCUT2D eigenvalue weighted by Crippen LogP contribution is -2.46. The Bertz CT molecular complexity index is 1410. The van der Waals surface area contributed by atoms with Crippen LogP contribution in [-0.2, 0) is 22.6 Å². The Morgan fingerprint density at radius 2 is 1.45 bits per heavy atom. The zero-order valence-electron chi connectivity index (χ0n) is 26.3. The topological polar surface area (TPSA) is 43.9 Å². The molecule has 3 fully saturated rings. The number of amides is 2. The summed E-state index contributed by atoms with van der Waals surface area (Å²) in [5, 5.41) is 0. The van der Waals surface area contributed by atoms with Gasteiger partial charge in [0.2, 0.25) is 11.8 Å². The SMILES string of the molecule is CC(C)CC(=O)N1C[C@H](CN2CCC3(CC2)CCN(Cc2ccc(Cc4ccc(Br)cc4)cc2)C3=O)[C@@H](c2ccccc2)C1. The summed E-state index contributed by atoms with van der Waals surface area (Å²) in [4.78, 5) is 33.6. The van der Waals surface area contributed by atoms with Gasteiger partial charge in [0.1, 0.15) is 0 Å². The Kier molecular flexibility index (Phi) is 9.58. The summed E-state index contributed by atoms with van der Waals surface area (Å²) in [7, 11) is 0. The number of likely N-dealkylation sites (tertiary alicyclic amines) is 3. The molecule has 3 saturated heterocycles. The highest BCUT2D eigenvalue weighted by Gasteiger charge is 2.48. The van der Waals surface area contributed by atoms with Gasteiger partial charge in [-0.2, -0.15) is 0 Å². The Morgan fingerprint density at radius 3 is 2.11 bits per heavy atom. The van der Waals surface area contributed by atoms with Gasteiger partial charge in [0.15, 0.2) is 0 Å². The molecule has 232 valence electrons. The van der Waals surface area contributed by atoms with E-state index in [-0.39, 0.29) is 11.3 Å². The lowest BCUT2D eigenvalue weighted by molar-refractivity contribution is -0.139. The van der Waals surface area contributed by atoms with E-state index in [9.17, 15) is 9.59 Å². The van der Waals surface area contributed by atoms with E-state index in [0.29, 0.717) is 36.6 Å². The van der Waals surface area contributed by atoms with Crippen molar-refractivity contribution in [3.8, 4) is 0 Å². The first-order valence-corrected chi connectivity index (χ1v) is 17.2. The highest BCUT2D eigenvalue weighted by Crippen LogP contribution is 2.43. The van der Waals surface area contributed by atoms with Crippen LogP contribution in [0.4, 0.5) is 0 Å². The molecule has 0 aliphatic carbocycles. The predicted octanol–water partition coefficient (Wildman–Crippen LogP) is 7.14. The molecule has 3 aromatic rings. The molecule has 0 saturated carbocycles. The fraction of sp³-hybridized carbons (Fsp3) is 0.474. The minimum absolute atomic E-state index is 0.203. The van der Waals surface area contributed by atoms with Crippen LogP contribution in [0.3, 0.4) is 0 Å². The van der Waals surface area contributed by atoms with Gasteiger partial charge in [-0.1, -0.05) is 96.5 Å². The van der Waals surface area contributed by atoms with Crippen LogP contribution in [0.1, 0.15) is 67.7 Å². The normalized spacial score (nSPS) is 22.0. The maximum Gasteiger partial charge on any atom is 0.229 e. The second kappa shape index (κ2) is 13.6. The Hall–Kier alpha value is -2.96. The van der Waals surface area contributed by atoms with Crippen LogP contribution in [0.25, 0.3) is 0 Å². The molecule has 3 aromatic carbocycles. The highest BCUT2D eigenvalue weighted by molar-refractivity contribution is 9.10. The molecule has 0 bridgehead atoms. The summed E-state index contributed by atoms with van der Waals surface area (Å²) in [6.45, 7) is 10.4. The van der Waals surface area contributed by atoms with Crippen LogP contribution in [0.5, 0.6) is 0 Å². The number of carbonyl (C=O) groups is 2. The highest BCUT2D eigenvalue weighted by atomic mass is 79.9. The zero-order valence-corrected chi connectivity index (χ0v) is 27.8. The Balaban J connectivity index is 1.03. The van der Waals surface area contributed by atoms with E-state index in [4.69, 9.17) is 0 Å². The van der Waals surface area contributed by atoms with Crippen LogP contribution in [0.2, 0.25) is 0 Å². The Morgan fingerprint density at radius 1 is 0.841 bits per heavy atom. The summed E-state index contributed by atoms with van der Waals surface area (Å²) in [5.74, 6) is 1.81. The van der Waals surface area contributed by atoms with Crippen molar-refractivity contribution >= 4 is 27.7 Å². The summed E-state index contributed by atoms with van der Waals surface area (Å²) >= 11 is 3.51. The van der Waals surface area contributed by atoms with E-state index in [1.807, 2.05) is 0 Å². The minimum Gasteiger partial charge on any atom is -0.342 e. The number of hydrogen-bond acceptors (Lipinski definition) is 3. The quantitative estimate of drug-likeness (QED) is 0.246. The molecule has 6 heteroatoms. The summed E-state index contributed by atoms with van der Waals surface area (Å²) in [5.41, 5.74) is 4.93. The largest absolute Gasteiger partial charge is 0.342 e. The maximum absolute atomic E-state index is 13.8. The molecule has 1 spiro atoms. The van der Waals surface area contributed by atoms with Crippen molar-refractivity contribution in [1.29, 1.82) is 0 Å². The molecule has 6 rings (SSSR count). The van der Waals surface area contributed by atoms with Gasteiger partial charge in [-0.3, -0.25) is 9.59 Å². The number of piperidine rings is 1. The van der Waals surface area contributed by atoms with E-state index < -0.39 is 0 Å². The molecule has 0 N–H and O–H groups in total. The van der Waals surface area contributed by atoms with E-state index >= 15 is 0 Å². The average Bonchev–Trinajstić information content (AvgIpc) is 3.58. The van der Waals surface area contributed by atoms with Crippen molar-refractivity contribution in [2.24, 2.45) is 17.3 Å². The number of nitrogens with zero attached hydrogens (tertiary/aromatic N) is 3. The molecule has 5 nitrogen and oxygen atoms in total. The first-order chi connectivity index (χ1) is 21.3. The van der Waals surface area contributed by atoms with Crippen molar-refractivity contribution in [3.05, 3.63) is 106 Å². The van der Waals surface area contributed by atoms with E-state index in [1.165, 1.54) is 22.3 Å². The lowest BCUT2D eigenvalue weighted by Gasteiger charge is -2.39. The van der Waals surface area contributed by atoms with Gasteiger partial charge < -0.3 is 14.7 Å². The monoisotopic (exact) mass is 655 g/mol. The summed E-state index contributed by atoms with van der Waals surface area (Å²) in [6.07, 6.45) is 4.37. The summed E-state index contributed by atoms with van der Waals surface area (Å²) < 4.78 is 1.10. The minimum atomic E-state index is -0.203. The first kappa shape index (κ1) is 31.0. The molecule has 0 unspecified atom stereocenters. The van der Waals surface area contributed by atoms with Gasteiger partial charge in [0.25, 0.3) is 0 Å². The molecule has 44 heavy (non-hydrogen) atoms. The molecular weight excluding hydrogens is 610 g/mol. The molecule has 3 aliphatic heterocycles. The van der Waals surface area contributed by atoms with Crippen LogP contribution < -0.4 is 0 Å². The molecule has 2 atom stereocenters. The van der Waals surface area contributed by atoms with Crippen molar-refractivity contribution < 1.29 is 9.59 Å². The van der Waals surface area contributed by atoms with E-state index in [1.54, 1.807) is 0 Å². The first-order valence-electron chi connectivity index (χ1n) is 16.4. The molecule has 2 amide bonds. The molecule has 0 aromatic heterocycles. The standard InChI is InChI=1S/C38H46BrN3O2/c1-28(2)22-36(43)42-26-33(35(27-42)32-6-4-3-5-7-32)25-40-19-16-38(17-20-40)18-21-41(37(38)44)24-31-10-8-29(9-11-31)23-30-12-14-34(39)15-13-30/h3-15,28,33,35H,16-27H2,1-2H3/t33-,35+/m0/s1. The van der Waals surface area contributed by atoms with Gasteiger partial charge in [-0.05, 0) is 85.0 Å². The molecular formula is C38H46BrN3O2. The van der Waals surface area contributed by atoms with Crippen molar-refractivity contribution in [1.82, 2.24) is 14.7 Å². The van der Waals surface area contributed by atoms with Gasteiger partial charge in [-0.25, -0.2) is 0 Å². The van der Waals surface area contributed by atoms with E-state index in [0.717, 1.165) is 69.4 Å². The van der Waals surface area contributed by atoms with Crippen molar-refractivity contribution in [2.75, 3.05) is 39.3 Å². The molecule has 0 radical (unpaired) electrons. The van der Waals surface area contributed by atoms with Gasteiger partial charge in [0, 0.05) is 49.5 Å². The maximum atomic E-state index is 13.8. The van der Waals surface area contributed by atoms with Gasteiger partial charge >= 0.3 is 0 Å². The zero-order chi connectivity index (χ0) is 30.7. The number of benzene rings is 3. The average molecular weight is 657 g/mol. The van der Waals surface area contributed by atoms with Gasteiger partial charge in [0.05, 0.1) is 5.41 Å². The van der Waals surface area contributed by atoms with Crippen LogP contribution >= 0.6 is 15.9 Å². The number of halogens is 1.